The van der Waals surface area contributed by atoms with Gasteiger partial charge in [0, 0.05) is 6.07 Å². The van der Waals surface area contributed by atoms with Crippen LogP contribution in [0.2, 0.25) is 0 Å². The minimum atomic E-state index is -0.928. The summed E-state index contributed by atoms with van der Waals surface area (Å²) >= 11 is 0. The molecule has 0 saturated heterocycles. The number of carbonyl (C=O) groups is 1. The summed E-state index contributed by atoms with van der Waals surface area (Å²) < 4.78 is 31.2. The fraction of sp³-hybridized carbons (Fsp3) is 0.0909. The van der Waals surface area contributed by atoms with Crippen molar-refractivity contribution >= 4 is 11.7 Å². The molecule has 0 spiro atoms. The molecule has 0 aliphatic carbocycles. The number of nitrogens with one attached hydrogen (secondary N) is 1. The zero-order chi connectivity index (χ0) is 12.4. The van der Waals surface area contributed by atoms with Gasteiger partial charge in [0.1, 0.15) is 23.0 Å². The van der Waals surface area contributed by atoms with E-state index in [1.807, 2.05) is 0 Å². The van der Waals surface area contributed by atoms with Gasteiger partial charge in [-0.25, -0.2) is 8.78 Å². The lowest BCUT2D eigenvalue weighted by atomic mass is 10.2. The summed E-state index contributed by atoms with van der Waals surface area (Å²) in [5.41, 5.74) is -0.645. The molecular weight excluding hydrogens is 230 g/mol. The molecule has 1 aromatic heterocycles. The molecule has 0 unspecified atom stereocenters. The van der Waals surface area contributed by atoms with Crippen LogP contribution in [0.5, 0.6) is 0 Å². The van der Waals surface area contributed by atoms with Gasteiger partial charge in [-0.3, -0.25) is 4.79 Å². The number of nitrogens with zero attached hydrogens (tertiary/aromatic N) is 1. The van der Waals surface area contributed by atoms with Gasteiger partial charge in [0.05, 0.1) is 0 Å². The molecule has 4 nitrogen and oxygen atoms in total. The van der Waals surface area contributed by atoms with Crippen LogP contribution in [0, 0.1) is 18.6 Å². The number of anilines is 1. The first-order valence-corrected chi connectivity index (χ1v) is 4.76. The molecule has 0 atom stereocenters. The van der Waals surface area contributed by atoms with E-state index in [4.69, 9.17) is 4.52 Å². The zero-order valence-electron chi connectivity index (χ0n) is 8.83. The van der Waals surface area contributed by atoms with Crippen LogP contribution in [-0.4, -0.2) is 11.1 Å². The molecule has 88 valence electrons. The molecule has 1 N–H and O–H groups in total. The Bertz CT molecular complexity index is 546. The fourth-order valence-electron chi connectivity index (χ4n) is 1.32. The van der Waals surface area contributed by atoms with E-state index in [1.54, 1.807) is 6.92 Å². The van der Waals surface area contributed by atoms with E-state index in [1.165, 1.54) is 12.1 Å². The topological polar surface area (TPSA) is 55.1 Å². The van der Waals surface area contributed by atoms with Crippen LogP contribution < -0.4 is 5.32 Å². The third-order valence-corrected chi connectivity index (χ3v) is 2.06. The van der Waals surface area contributed by atoms with Crippen molar-refractivity contribution < 1.29 is 18.1 Å². The largest absolute Gasteiger partial charge is 0.360 e. The highest BCUT2D eigenvalue weighted by molar-refractivity contribution is 6.04. The number of amides is 1. The number of hydrogen-bond acceptors (Lipinski definition) is 3. The van der Waals surface area contributed by atoms with Crippen LogP contribution in [0.4, 0.5) is 14.6 Å². The number of hydrogen-bond donors (Lipinski definition) is 1. The van der Waals surface area contributed by atoms with E-state index >= 15 is 0 Å². The van der Waals surface area contributed by atoms with E-state index in [-0.39, 0.29) is 5.82 Å². The Hall–Kier alpha value is -2.24. The number of halogens is 2. The van der Waals surface area contributed by atoms with Crippen LogP contribution in [0.25, 0.3) is 0 Å². The van der Waals surface area contributed by atoms with Crippen molar-refractivity contribution in [3.05, 3.63) is 47.2 Å². The Morgan fingerprint density at radius 1 is 1.35 bits per heavy atom. The SMILES string of the molecule is Cc1cc(NC(=O)c2c(F)cccc2F)no1. The lowest BCUT2D eigenvalue weighted by molar-refractivity contribution is 0.101. The molecule has 0 aliphatic heterocycles. The highest BCUT2D eigenvalue weighted by Gasteiger charge is 2.17. The van der Waals surface area contributed by atoms with Crippen LogP contribution >= 0.6 is 0 Å². The molecule has 17 heavy (non-hydrogen) atoms. The molecule has 0 radical (unpaired) electrons. The van der Waals surface area contributed by atoms with Crippen LogP contribution in [0.15, 0.2) is 28.8 Å². The lowest BCUT2D eigenvalue weighted by Gasteiger charge is -2.03. The molecule has 0 bridgehead atoms. The van der Waals surface area contributed by atoms with Crippen molar-refractivity contribution in [2.24, 2.45) is 0 Å². The minimum Gasteiger partial charge on any atom is -0.360 e. The highest BCUT2D eigenvalue weighted by atomic mass is 19.1. The average Bonchev–Trinajstić information content (AvgIpc) is 2.63. The average molecular weight is 238 g/mol. The second kappa shape index (κ2) is 4.32. The molecular formula is C11H8F2N2O2. The number of benzene rings is 1. The first-order valence-electron chi connectivity index (χ1n) is 4.76. The summed E-state index contributed by atoms with van der Waals surface area (Å²) in [6.07, 6.45) is 0. The van der Waals surface area contributed by atoms with Crippen LogP contribution in [0.1, 0.15) is 16.1 Å². The van der Waals surface area contributed by atoms with Crippen molar-refractivity contribution in [2.75, 3.05) is 5.32 Å². The Labute approximate surface area is 95.2 Å². The number of carbonyl (C=O) groups excluding carboxylic acids is 1. The smallest absolute Gasteiger partial charge is 0.262 e. The first kappa shape index (κ1) is 11.3. The second-order valence-corrected chi connectivity index (χ2v) is 3.37. The predicted octanol–water partition coefficient (Wildman–Crippen LogP) is 2.51. The van der Waals surface area contributed by atoms with E-state index < -0.39 is 23.1 Å². The van der Waals surface area contributed by atoms with E-state index in [2.05, 4.69) is 10.5 Å². The maximum Gasteiger partial charge on any atom is 0.262 e. The zero-order valence-corrected chi connectivity index (χ0v) is 8.83. The monoisotopic (exact) mass is 238 g/mol. The molecule has 2 rings (SSSR count). The summed E-state index contributed by atoms with van der Waals surface area (Å²) in [6, 6.07) is 4.64. The van der Waals surface area contributed by atoms with E-state index in [9.17, 15) is 13.6 Å². The molecule has 1 aromatic carbocycles. The number of aryl methyl sites for hydroxylation is 1. The van der Waals surface area contributed by atoms with Crippen molar-refractivity contribution in [3.8, 4) is 0 Å². The fourth-order valence-corrected chi connectivity index (χ4v) is 1.32. The normalized spacial score (nSPS) is 10.3. The maximum atomic E-state index is 13.3. The van der Waals surface area contributed by atoms with Crippen molar-refractivity contribution in [3.63, 3.8) is 0 Å². The third-order valence-electron chi connectivity index (χ3n) is 2.06. The summed E-state index contributed by atoms with van der Waals surface area (Å²) in [6.45, 7) is 1.63. The van der Waals surface area contributed by atoms with E-state index in [0.29, 0.717) is 5.76 Å². The molecule has 6 heteroatoms. The van der Waals surface area contributed by atoms with Gasteiger partial charge in [-0.2, -0.15) is 0 Å². The van der Waals surface area contributed by atoms with Gasteiger partial charge in [-0.1, -0.05) is 11.2 Å². The Morgan fingerprint density at radius 2 is 2.00 bits per heavy atom. The molecule has 1 heterocycles. The van der Waals surface area contributed by atoms with Crippen LogP contribution in [-0.2, 0) is 0 Å². The number of rotatable bonds is 2. The minimum absolute atomic E-state index is 0.107. The Balaban J connectivity index is 2.26. The summed E-state index contributed by atoms with van der Waals surface area (Å²) in [5, 5.41) is 5.73. The number of aromatic nitrogens is 1. The van der Waals surface area contributed by atoms with Gasteiger partial charge in [0.25, 0.3) is 5.91 Å². The second-order valence-electron chi connectivity index (χ2n) is 3.37. The molecule has 0 aliphatic rings. The maximum absolute atomic E-state index is 13.3. The van der Waals surface area contributed by atoms with Crippen molar-refractivity contribution in [1.82, 2.24) is 5.16 Å². The summed E-state index contributed by atoms with van der Waals surface area (Å²) in [7, 11) is 0. The Morgan fingerprint density at radius 3 is 2.53 bits per heavy atom. The summed E-state index contributed by atoms with van der Waals surface area (Å²) in [4.78, 5) is 11.6. The first-order chi connectivity index (χ1) is 8.08. The van der Waals surface area contributed by atoms with Gasteiger partial charge in [-0.15, -0.1) is 0 Å². The van der Waals surface area contributed by atoms with Gasteiger partial charge < -0.3 is 9.84 Å². The van der Waals surface area contributed by atoms with Gasteiger partial charge in [0.15, 0.2) is 5.82 Å². The van der Waals surface area contributed by atoms with Crippen LogP contribution in [0.3, 0.4) is 0 Å². The molecule has 2 aromatic rings. The van der Waals surface area contributed by atoms with Crippen molar-refractivity contribution in [2.45, 2.75) is 6.92 Å². The molecule has 0 fully saturated rings. The van der Waals surface area contributed by atoms with E-state index in [0.717, 1.165) is 12.1 Å². The molecule has 0 saturated carbocycles. The summed E-state index contributed by atoms with van der Waals surface area (Å²) in [5.74, 6) is -2.18. The predicted molar refractivity (Wildman–Crippen MR) is 55.6 cm³/mol. The van der Waals surface area contributed by atoms with Gasteiger partial charge in [-0.05, 0) is 19.1 Å². The highest BCUT2D eigenvalue weighted by Crippen LogP contribution is 2.15. The quantitative estimate of drug-likeness (QED) is 0.874. The lowest BCUT2D eigenvalue weighted by Crippen LogP contribution is -2.15. The molecule has 1 amide bonds. The van der Waals surface area contributed by atoms with Gasteiger partial charge >= 0.3 is 0 Å². The van der Waals surface area contributed by atoms with Gasteiger partial charge in [0.2, 0.25) is 0 Å². The third kappa shape index (κ3) is 2.30. The Kier molecular flexibility index (Phi) is 2.86. The standard InChI is InChI=1S/C11H8F2N2O2/c1-6-5-9(15-17-6)14-11(16)10-7(12)3-2-4-8(10)13/h2-5H,1H3,(H,14,15,16). The van der Waals surface area contributed by atoms with Crippen molar-refractivity contribution in [1.29, 1.82) is 0 Å².